The van der Waals surface area contributed by atoms with Crippen molar-refractivity contribution in [3.05, 3.63) is 83.1 Å². The van der Waals surface area contributed by atoms with Crippen molar-refractivity contribution in [3.63, 3.8) is 0 Å². The molecule has 0 saturated carbocycles. The van der Waals surface area contributed by atoms with Gasteiger partial charge in [0.1, 0.15) is 11.5 Å². The van der Waals surface area contributed by atoms with Gasteiger partial charge in [0, 0.05) is 22.3 Å². The van der Waals surface area contributed by atoms with E-state index in [0.29, 0.717) is 16.5 Å². The van der Waals surface area contributed by atoms with E-state index >= 15 is 0 Å². The molecule has 3 rings (SSSR count). The highest BCUT2D eigenvalue weighted by Gasteiger charge is 2.06. The van der Waals surface area contributed by atoms with Gasteiger partial charge >= 0.3 is 0 Å². The number of rotatable bonds is 5. The van der Waals surface area contributed by atoms with Crippen LogP contribution < -0.4 is 10.6 Å². The van der Waals surface area contributed by atoms with E-state index in [0.717, 1.165) is 23.2 Å². The van der Waals surface area contributed by atoms with Crippen LogP contribution in [0.2, 0.25) is 5.02 Å². The fourth-order valence-corrected chi connectivity index (χ4v) is 2.96. The van der Waals surface area contributed by atoms with Crippen molar-refractivity contribution in [2.75, 3.05) is 5.32 Å². The Hall–Kier alpha value is -2.89. The Morgan fingerprint density at radius 2 is 1.86 bits per heavy atom. The first kappa shape index (κ1) is 19.9. The number of hydrogen-bond donors (Lipinski definition) is 2. The van der Waals surface area contributed by atoms with Crippen molar-refractivity contribution >= 4 is 46.6 Å². The predicted octanol–water partition coefficient (Wildman–Crippen LogP) is 5.69. The summed E-state index contributed by atoms with van der Waals surface area (Å²) in [5, 5.41) is 6.60. The molecule has 4 nitrogen and oxygen atoms in total. The molecule has 0 atom stereocenters. The number of amides is 1. The smallest absolute Gasteiger partial charge is 0.250 e. The number of benzene rings is 2. The van der Waals surface area contributed by atoms with Crippen LogP contribution in [0.25, 0.3) is 17.4 Å². The van der Waals surface area contributed by atoms with E-state index in [1.54, 1.807) is 24.3 Å². The Labute approximate surface area is 174 Å². The summed E-state index contributed by atoms with van der Waals surface area (Å²) in [5.74, 6) is 0.927. The molecule has 6 heteroatoms. The lowest BCUT2D eigenvalue weighted by atomic mass is 10.1. The Morgan fingerprint density at radius 1 is 1.11 bits per heavy atom. The number of furan rings is 1. The minimum atomic E-state index is -0.337. The molecular formula is C22H19ClN2O2S. The number of aryl methyl sites for hydroxylation is 1. The molecule has 3 aromatic rings. The molecule has 0 aliphatic heterocycles. The predicted molar refractivity (Wildman–Crippen MR) is 118 cm³/mol. The largest absolute Gasteiger partial charge is 0.457 e. The summed E-state index contributed by atoms with van der Waals surface area (Å²) in [4.78, 5) is 12.1. The van der Waals surface area contributed by atoms with E-state index in [9.17, 15) is 4.79 Å². The van der Waals surface area contributed by atoms with Crippen molar-refractivity contribution in [3.8, 4) is 11.3 Å². The van der Waals surface area contributed by atoms with Crippen molar-refractivity contribution in [1.82, 2.24) is 5.32 Å². The molecule has 1 heterocycles. The molecule has 2 aromatic carbocycles. The fourth-order valence-electron chi connectivity index (χ4n) is 2.63. The van der Waals surface area contributed by atoms with Gasteiger partial charge in [0.15, 0.2) is 5.11 Å². The molecule has 0 fully saturated rings. The van der Waals surface area contributed by atoms with Crippen molar-refractivity contribution in [2.45, 2.75) is 13.3 Å². The summed E-state index contributed by atoms with van der Waals surface area (Å²) in [6.45, 7) is 2.06. The fraction of sp³-hybridized carbons (Fsp3) is 0.0909. The molecular weight excluding hydrogens is 392 g/mol. The molecule has 0 saturated heterocycles. The third-order valence-electron chi connectivity index (χ3n) is 4.04. The molecule has 0 unspecified atom stereocenters. The second-order valence-corrected chi connectivity index (χ2v) is 6.84. The zero-order valence-corrected chi connectivity index (χ0v) is 16.8. The first-order chi connectivity index (χ1) is 13.5. The maximum atomic E-state index is 12.1. The summed E-state index contributed by atoms with van der Waals surface area (Å²) in [6.07, 6.45) is 3.84. The van der Waals surface area contributed by atoms with E-state index in [4.69, 9.17) is 28.2 Å². The van der Waals surface area contributed by atoms with Crippen LogP contribution in [0.4, 0.5) is 5.69 Å². The molecule has 142 valence electrons. The Balaban J connectivity index is 1.58. The first-order valence-electron chi connectivity index (χ1n) is 8.79. The highest BCUT2D eigenvalue weighted by atomic mass is 35.5. The minimum Gasteiger partial charge on any atom is -0.457 e. The number of hydrogen-bond acceptors (Lipinski definition) is 3. The summed E-state index contributed by atoms with van der Waals surface area (Å²) in [7, 11) is 0. The molecule has 0 aliphatic carbocycles. The van der Waals surface area contributed by atoms with Crippen LogP contribution in [0.3, 0.4) is 0 Å². The van der Waals surface area contributed by atoms with Gasteiger partial charge in [0.2, 0.25) is 5.91 Å². The zero-order valence-electron chi connectivity index (χ0n) is 15.2. The summed E-state index contributed by atoms with van der Waals surface area (Å²) < 4.78 is 5.73. The number of para-hydroxylation sites is 1. The zero-order chi connectivity index (χ0) is 19.9. The van der Waals surface area contributed by atoms with Crippen LogP contribution in [0.1, 0.15) is 18.2 Å². The first-order valence-corrected chi connectivity index (χ1v) is 9.57. The van der Waals surface area contributed by atoms with Crippen molar-refractivity contribution in [2.24, 2.45) is 0 Å². The van der Waals surface area contributed by atoms with Gasteiger partial charge in [0.05, 0.1) is 0 Å². The molecule has 0 radical (unpaired) electrons. The summed E-state index contributed by atoms with van der Waals surface area (Å²) in [5.41, 5.74) is 2.92. The van der Waals surface area contributed by atoms with Crippen LogP contribution in [-0.2, 0) is 11.2 Å². The number of nitrogens with one attached hydrogen (secondary N) is 2. The lowest BCUT2D eigenvalue weighted by Gasteiger charge is -2.11. The van der Waals surface area contributed by atoms with Crippen LogP contribution in [0.15, 0.2) is 71.2 Å². The summed E-state index contributed by atoms with van der Waals surface area (Å²) >= 11 is 11.1. The number of anilines is 1. The van der Waals surface area contributed by atoms with Gasteiger partial charge in [-0.3, -0.25) is 10.1 Å². The van der Waals surface area contributed by atoms with Crippen LogP contribution in [-0.4, -0.2) is 11.0 Å². The summed E-state index contributed by atoms with van der Waals surface area (Å²) in [6, 6.07) is 18.8. The molecule has 28 heavy (non-hydrogen) atoms. The molecule has 1 amide bonds. The van der Waals surface area contributed by atoms with Gasteiger partial charge < -0.3 is 9.73 Å². The van der Waals surface area contributed by atoms with Gasteiger partial charge in [0.25, 0.3) is 0 Å². The third kappa shape index (κ3) is 5.31. The maximum Gasteiger partial charge on any atom is 0.250 e. The minimum absolute atomic E-state index is 0.247. The topological polar surface area (TPSA) is 54.3 Å². The second-order valence-electron chi connectivity index (χ2n) is 6.00. The van der Waals surface area contributed by atoms with Gasteiger partial charge in [-0.1, -0.05) is 36.7 Å². The van der Waals surface area contributed by atoms with Gasteiger partial charge in [-0.05, 0) is 72.7 Å². The second kappa shape index (κ2) is 9.35. The standard InChI is InChI=1S/C22H19ClN2O2S/c1-2-15-5-3-4-6-19(15)24-22(28)25-21(26)14-12-18-11-13-20(27-18)16-7-9-17(23)10-8-16/h3-14H,2H2,1H3,(H2,24,25,26,28). The maximum absolute atomic E-state index is 12.1. The van der Waals surface area contributed by atoms with E-state index in [2.05, 4.69) is 17.6 Å². The Morgan fingerprint density at radius 3 is 2.61 bits per heavy atom. The Bertz CT molecular complexity index is 1010. The number of carbonyl (C=O) groups excluding carboxylic acids is 1. The van der Waals surface area contributed by atoms with E-state index in [1.165, 1.54) is 6.08 Å². The van der Waals surface area contributed by atoms with E-state index in [1.807, 2.05) is 42.5 Å². The normalized spacial score (nSPS) is 10.8. The number of thiocarbonyl (C=S) groups is 1. The highest BCUT2D eigenvalue weighted by molar-refractivity contribution is 7.80. The average molecular weight is 411 g/mol. The van der Waals surface area contributed by atoms with Gasteiger partial charge in [-0.25, -0.2) is 0 Å². The lowest BCUT2D eigenvalue weighted by molar-refractivity contribution is -0.115. The molecule has 0 bridgehead atoms. The third-order valence-corrected chi connectivity index (χ3v) is 4.49. The van der Waals surface area contributed by atoms with Crippen LogP contribution >= 0.6 is 23.8 Å². The Kier molecular flexibility index (Phi) is 6.63. The SMILES string of the molecule is CCc1ccccc1NC(=S)NC(=O)C=Cc1ccc(-c2ccc(Cl)cc2)o1. The van der Waals surface area contributed by atoms with Crippen LogP contribution in [0, 0.1) is 0 Å². The van der Waals surface area contributed by atoms with Crippen molar-refractivity contribution < 1.29 is 9.21 Å². The van der Waals surface area contributed by atoms with Crippen molar-refractivity contribution in [1.29, 1.82) is 0 Å². The molecule has 0 aliphatic rings. The molecule has 1 aromatic heterocycles. The monoisotopic (exact) mass is 410 g/mol. The lowest BCUT2D eigenvalue weighted by Crippen LogP contribution is -2.33. The molecule has 2 N–H and O–H groups in total. The van der Waals surface area contributed by atoms with E-state index < -0.39 is 0 Å². The average Bonchev–Trinajstić information content (AvgIpc) is 3.16. The van der Waals surface area contributed by atoms with Crippen LogP contribution in [0.5, 0.6) is 0 Å². The highest BCUT2D eigenvalue weighted by Crippen LogP contribution is 2.24. The van der Waals surface area contributed by atoms with E-state index in [-0.39, 0.29) is 11.0 Å². The molecule has 0 spiro atoms. The van der Waals surface area contributed by atoms with Gasteiger partial charge in [-0.2, -0.15) is 0 Å². The number of carbonyl (C=O) groups is 1. The quantitative estimate of drug-likeness (QED) is 0.419. The number of halogens is 1. The van der Waals surface area contributed by atoms with Gasteiger partial charge in [-0.15, -0.1) is 0 Å².